The molecular weight excluding hydrogens is 242 g/mol. The van der Waals surface area contributed by atoms with Crippen LogP contribution in [0.3, 0.4) is 0 Å². The molecule has 0 aliphatic heterocycles. The average Bonchev–Trinajstić information content (AvgIpc) is 2.54. The first-order valence-electron chi connectivity index (χ1n) is 7.00. The van der Waals surface area contributed by atoms with Gasteiger partial charge in [-0.25, -0.2) is 4.57 Å². The van der Waals surface area contributed by atoms with Gasteiger partial charge in [0.25, 0.3) is 0 Å². The normalized spacial score (nSPS) is 9.15. The molecule has 0 N–H and O–H groups in total. The number of nitrogens with zero attached hydrogens (tertiary/aromatic N) is 1. The maximum atomic E-state index is 3.00. The third kappa shape index (κ3) is 7.32. The summed E-state index contributed by atoms with van der Waals surface area (Å²) in [4.78, 5) is 0. The predicted molar refractivity (Wildman–Crippen MR) is 89.4 cm³/mol. The van der Waals surface area contributed by atoms with E-state index in [9.17, 15) is 0 Å². The van der Waals surface area contributed by atoms with Crippen molar-refractivity contribution in [3.8, 4) is 0 Å². The number of hydrogen-bond donors (Lipinski definition) is 0. The summed E-state index contributed by atoms with van der Waals surface area (Å²) in [6.07, 6.45) is 9.46. The smallest absolute Gasteiger partial charge is 0.169 e. The minimum Gasteiger partial charge on any atom is -0.208 e. The lowest BCUT2D eigenvalue weighted by Gasteiger charge is -1.94. The van der Waals surface area contributed by atoms with Crippen molar-refractivity contribution >= 4 is 6.08 Å². The van der Waals surface area contributed by atoms with E-state index in [0.29, 0.717) is 0 Å². The number of benzene rings is 1. The molecule has 0 atom stereocenters. The Morgan fingerprint density at radius 1 is 0.950 bits per heavy atom. The Morgan fingerprint density at radius 2 is 1.50 bits per heavy atom. The molecule has 1 heteroatoms. The van der Waals surface area contributed by atoms with E-state index in [2.05, 4.69) is 74.1 Å². The molecule has 106 valence electrons. The van der Waals surface area contributed by atoms with E-state index in [1.165, 1.54) is 11.1 Å². The standard InChI is InChI=1S/C15H16N.C2H6.C2H4/c1-16-12-10-15(11-13-16)9-5-8-14-6-3-2-4-7-14;2*1-2/h2-7,9-13H,8H2,1H3;1-2H3;1-2H2/q+1;;/b9-5+;;. The Balaban J connectivity index is 0.000000829. The third-order valence-corrected chi connectivity index (χ3v) is 2.51. The van der Waals surface area contributed by atoms with E-state index < -0.39 is 0 Å². The van der Waals surface area contributed by atoms with Crippen LogP contribution in [0.1, 0.15) is 25.0 Å². The minimum absolute atomic E-state index is 0.988. The average molecular weight is 268 g/mol. The van der Waals surface area contributed by atoms with Crippen molar-refractivity contribution in [1.82, 2.24) is 0 Å². The molecule has 0 fully saturated rings. The third-order valence-electron chi connectivity index (χ3n) is 2.51. The predicted octanol–water partition coefficient (Wildman–Crippen LogP) is 4.60. The highest BCUT2D eigenvalue weighted by molar-refractivity contribution is 5.48. The zero-order chi connectivity index (χ0) is 15.2. The van der Waals surface area contributed by atoms with Crippen LogP contribution in [0.2, 0.25) is 0 Å². The maximum Gasteiger partial charge on any atom is 0.169 e. The molecule has 0 aliphatic rings. The minimum atomic E-state index is 0.988. The topological polar surface area (TPSA) is 3.88 Å². The molecule has 1 nitrogen and oxygen atoms in total. The van der Waals surface area contributed by atoms with Gasteiger partial charge in [0.1, 0.15) is 7.05 Å². The molecule has 2 aromatic rings. The Labute approximate surface area is 123 Å². The van der Waals surface area contributed by atoms with Crippen LogP contribution in [-0.4, -0.2) is 0 Å². The molecule has 0 bridgehead atoms. The summed E-state index contributed by atoms with van der Waals surface area (Å²) in [6.45, 7) is 10.0. The van der Waals surface area contributed by atoms with Crippen LogP contribution >= 0.6 is 0 Å². The van der Waals surface area contributed by atoms with Gasteiger partial charge < -0.3 is 0 Å². The van der Waals surface area contributed by atoms with Crippen molar-refractivity contribution in [3.63, 3.8) is 0 Å². The summed E-state index contributed by atoms with van der Waals surface area (Å²) in [6, 6.07) is 14.7. The Morgan fingerprint density at radius 3 is 2.05 bits per heavy atom. The van der Waals surface area contributed by atoms with Crippen LogP contribution in [0.15, 0.2) is 74.1 Å². The van der Waals surface area contributed by atoms with Gasteiger partial charge in [0.15, 0.2) is 12.4 Å². The molecule has 1 aromatic heterocycles. The monoisotopic (exact) mass is 268 g/mol. The highest BCUT2D eigenvalue weighted by Crippen LogP contribution is 2.03. The van der Waals surface area contributed by atoms with E-state index in [1.807, 2.05) is 31.5 Å². The number of aromatic nitrogens is 1. The van der Waals surface area contributed by atoms with Crippen molar-refractivity contribution in [1.29, 1.82) is 0 Å². The summed E-state index contributed by atoms with van der Waals surface area (Å²) in [5.41, 5.74) is 2.59. The Hall–Kier alpha value is -2.15. The van der Waals surface area contributed by atoms with Crippen molar-refractivity contribution in [2.75, 3.05) is 0 Å². The summed E-state index contributed by atoms with van der Waals surface area (Å²) in [7, 11) is 2.03. The fraction of sp³-hybridized carbons (Fsp3) is 0.211. The van der Waals surface area contributed by atoms with E-state index >= 15 is 0 Å². The highest BCUT2D eigenvalue weighted by Gasteiger charge is 1.91. The second-order valence-corrected chi connectivity index (χ2v) is 3.89. The zero-order valence-corrected chi connectivity index (χ0v) is 12.9. The largest absolute Gasteiger partial charge is 0.208 e. The highest BCUT2D eigenvalue weighted by atomic mass is 14.9. The number of rotatable bonds is 3. The second kappa shape index (κ2) is 11.9. The van der Waals surface area contributed by atoms with Gasteiger partial charge in [-0.05, 0) is 17.5 Å². The van der Waals surface area contributed by atoms with E-state index in [4.69, 9.17) is 0 Å². The molecule has 0 saturated carbocycles. The molecule has 0 unspecified atom stereocenters. The molecule has 0 saturated heterocycles. The van der Waals surface area contributed by atoms with Gasteiger partial charge in [0.2, 0.25) is 0 Å². The van der Waals surface area contributed by atoms with Crippen LogP contribution in [0.25, 0.3) is 6.08 Å². The van der Waals surface area contributed by atoms with Crippen molar-refractivity contribution in [2.45, 2.75) is 20.3 Å². The van der Waals surface area contributed by atoms with Crippen LogP contribution in [-0.2, 0) is 13.5 Å². The van der Waals surface area contributed by atoms with Gasteiger partial charge in [0.05, 0.1) is 0 Å². The quantitative estimate of drug-likeness (QED) is 0.566. The lowest BCUT2D eigenvalue weighted by atomic mass is 10.1. The first kappa shape index (κ1) is 17.8. The zero-order valence-electron chi connectivity index (χ0n) is 12.9. The van der Waals surface area contributed by atoms with E-state index in [-0.39, 0.29) is 0 Å². The van der Waals surface area contributed by atoms with Gasteiger partial charge >= 0.3 is 0 Å². The SMILES string of the molecule is C=C.CC.C[n+]1ccc(/C=C/Cc2ccccc2)cc1. The molecular formula is C19H26N+. The summed E-state index contributed by atoms with van der Waals surface area (Å²) in [5.74, 6) is 0. The van der Waals surface area contributed by atoms with Crippen LogP contribution in [0.5, 0.6) is 0 Å². The van der Waals surface area contributed by atoms with Gasteiger partial charge in [-0.2, -0.15) is 0 Å². The van der Waals surface area contributed by atoms with Gasteiger partial charge in [-0.3, -0.25) is 0 Å². The molecule has 1 heterocycles. The van der Waals surface area contributed by atoms with Gasteiger partial charge in [0, 0.05) is 12.1 Å². The number of aryl methyl sites for hydroxylation is 1. The molecule has 0 spiro atoms. The van der Waals surface area contributed by atoms with Crippen LogP contribution < -0.4 is 4.57 Å². The van der Waals surface area contributed by atoms with Crippen LogP contribution in [0.4, 0.5) is 0 Å². The Kier molecular flexibility index (Phi) is 10.6. The summed E-state index contributed by atoms with van der Waals surface area (Å²) < 4.78 is 2.04. The molecule has 0 amide bonds. The summed E-state index contributed by atoms with van der Waals surface area (Å²) in [5, 5.41) is 0. The second-order valence-electron chi connectivity index (χ2n) is 3.89. The molecule has 20 heavy (non-hydrogen) atoms. The molecule has 0 radical (unpaired) electrons. The maximum absolute atomic E-state index is 3.00. The fourth-order valence-corrected chi connectivity index (χ4v) is 1.57. The van der Waals surface area contributed by atoms with E-state index in [1.54, 1.807) is 0 Å². The number of allylic oxidation sites excluding steroid dienone is 1. The van der Waals surface area contributed by atoms with E-state index in [0.717, 1.165) is 6.42 Å². The van der Waals surface area contributed by atoms with Gasteiger partial charge in [-0.15, -0.1) is 13.2 Å². The van der Waals surface area contributed by atoms with Gasteiger partial charge in [-0.1, -0.05) is 56.3 Å². The number of pyridine rings is 1. The first-order chi connectivity index (χ1) is 9.84. The lowest BCUT2D eigenvalue weighted by molar-refractivity contribution is -0.671. The fourth-order valence-electron chi connectivity index (χ4n) is 1.57. The summed E-state index contributed by atoms with van der Waals surface area (Å²) >= 11 is 0. The van der Waals surface area contributed by atoms with Crippen molar-refractivity contribution < 1.29 is 4.57 Å². The Bertz CT molecular complexity index is 469. The molecule has 1 aromatic carbocycles. The first-order valence-corrected chi connectivity index (χ1v) is 7.00. The molecule has 2 rings (SSSR count). The number of hydrogen-bond acceptors (Lipinski definition) is 0. The lowest BCUT2D eigenvalue weighted by Crippen LogP contribution is -2.25. The molecule has 0 aliphatic carbocycles. The van der Waals surface area contributed by atoms with Crippen LogP contribution in [0, 0.1) is 0 Å². The van der Waals surface area contributed by atoms with Crippen molar-refractivity contribution in [3.05, 3.63) is 85.2 Å². The van der Waals surface area contributed by atoms with Crippen molar-refractivity contribution in [2.24, 2.45) is 7.05 Å².